The van der Waals surface area contributed by atoms with Gasteiger partial charge in [-0.25, -0.2) is 8.42 Å². The lowest BCUT2D eigenvalue weighted by atomic mass is 9.97. The first-order chi connectivity index (χ1) is 13.7. The third kappa shape index (κ3) is 4.94. The quantitative estimate of drug-likeness (QED) is 0.658. The number of rotatable bonds is 5. The Hall–Kier alpha value is -2.03. The Bertz CT molecular complexity index is 1040. The van der Waals surface area contributed by atoms with Crippen LogP contribution in [-0.2, 0) is 14.8 Å². The smallest absolute Gasteiger partial charge is 0.243 e. The Morgan fingerprint density at radius 2 is 1.79 bits per heavy atom. The Kier molecular flexibility index (Phi) is 6.55. The summed E-state index contributed by atoms with van der Waals surface area (Å²) < 4.78 is 28.1. The number of halogens is 1. The minimum Gasteiger partial charge on any atom is -0.326 e. The maximum Gasteiger partial charge on any atom is 0.243 e. The van der Waals surface area contributed by atoms with Crippen LogP contribution in [0.15, 0.2) is 51.8 Å². The van der Waals surface area contributed by atoms with Crippen LogP contribution in [0.5, 0.6) is 0 Å². The lowest BCUT2D eigenvalue weighted by Gasteiger charge is -2.30. The summed E-state index contributed by atoms with van der Waals surface area (Å²) in [6.07, 6.45) is 0.898. The number of anilines is 1. The fourth-order valence-electron chi connectivity index (χ4n) is 3.30. The van der Waals surface area contributed by atoms with Crippen molar-refractivity contribution in [1.82, 2.24) is 4.31 Å². The number of piperidine rings is 1. The van der Waals surface area contributed by atoms with Crippen LogP contribution >= 0.6 is 15.9 Å². The number of ketones is 1. The second kappa shape index (κ2) is 8.77. The standard InChI is InChI=1S/C21H23BrN2O4S/c1-14-6-7-18(13-20(14)22)23-21(26)16-8-10-24(11-9-16)29(27,28)19-5-3-4-17(12-19)15(2)25/h3-7,12-13,16H,8-11H2,1-2H3,(H,23,26). The highest BCUT2D eigenvalue weighted by Crippen LogP contribution is 2.26. The SMILES string of the molecule is CC(=O)c1cccc(S(=O)(=O)N2CCC(C(=O)Nc3ccc(C)c(Br)c3)CC2)c1. The van der Waals surface area contributed by atoms with E-state index in [1.807, 2.05) is 25.1 Å². The second-order valence-corrected chi connectivity index (χ2v) is 10.0. The molecule has 8 heteroatoms. The monoisotopic (exact) mass is 478 g/mol. The van der Waals surface area contributed by atoms with E-state index in [1.54, 1.807) is 12.1 Å². The van der Waals surface area contributed by atoms with Gasteiger partial charge in [0.05, 0.1) is 4.90 Å². The summed E-state index contributed by atoms with van der Waals surface area (Å²) in [6.45, 7) is 3.91. The molecule has 2 aromatic carbocycles. The largest absolute Gasteiger partial charge is 0.326 e. The average Bonchev–Trinajstić information content (AvgIpc) is 2.71. The van der Waals surface area contributed by atoms with Crippen molar-refractivity contribution in [2.24, 2.45) is 5.92 Å². The van der Waals surface area contributed by atoms with Crippen molar-refractivity contribution in [2.75, 3.05) is 18.4 Å². The first kappa shape index (κ1) is 21.7. The first-order valence-electron chi connectivity index (χ1n) is 9.36. The Morgan fingerprint density at radius 1 is 1.10 bits per heavy atom. The number of hydrogen-bond donors (Lipinski definition) is 1. The fourth-order valence-corrected chi connectivity index (χ4v) is 5.19. The van der Waals surface area contributed by atoms with Crippen molar-refractivity contribution in [3.05, 3.63) is 58.1 Å². The summed E-state index contributed by atoms with van der Waals surface area (Å²) in [7, 11) is -3.69. The molecule has 0 unspecified atom stereocenters. The molecule has 0 aromatic heterocycles. The predicted molar refractivity (Wildman–Crippen MR) is 115 cm³/mol. The Morgan fingerprint density at radius 3 is 2.41 bits per heavy atom. The summed E-state index contributed by atoms with van der Waals surface area (Å²) >= 11 is 3.45. The minimum atomic E-state index is -3.69. The van der Waals surface area contributed by atoms with Crippen LogP contribution in [0, 0.1) is 12.8 Å². The lowest BCUT2D eigenvalue weighted by Crippen LogP contribution is -2.41. The van der Waals surface area contributed by atoms with Gasteiger partial charge in [-0.2, -0.15) is 4.31 Å². The minimum absolute atomic E-state index is 0.101. The number of hydrogen-bond acceptors (Lipinski definition) is 4. The van der Waals surface area contributed by atoms with E-state index in [0.29, 0.717) is 24.1 Å². The zero-order valence-corrected chi connectivity index (χ0v) is 18.7. The summed E-state index contributed by atoms with van der Waals surface area (Å²) in [6, 6.07) is 11.7. The molecule has 1 aliphatic heterocycles. The van der Waals surface area contributed by atoms with E-state index in [4.69, 9.17) is 0 Å². The summed E-state index contributed by atoms with van der Waals surface area (Å²) in [5, 5.41) is 2.91. The van der Waals surface area contributed by atoms with Crippen LogP contribution < -0.4 is 5.32 Å². The molecule has 0 spiro atoms. The van der Waals surface area contributed by atoms with Crippen molar-refractivity contribution in [3.63, 3.8) is 0 Å². The molecule has 0 atom stereocenters. The maximum atomic E-state index is 12.9. The normalized spacial score (nSPS) is 15.8. The van der Waals surface area contributed by atoms with Gasteiger partial charge in [0, 0.05) is 34.7 Å². The van der Waals surface area contributed by atoms with Crippen LogP contribution in [0.1, 0.15) is 35.7 Å². The number of aryl methyl sites for hydroxylation is 1. The Balaban J connectivity index is 1.65. The van der Waals surface area contributed by atoms with E-state index >= 15 is 0 Å². The molecular weight excluding hydrogens is 456 g/mol. The van der Waals surface area contributed by atoms with Crippen molar-refractivity contribution in [3.8, 4) is 0 Å². The van der Waals surface area contributed by atoms with E-state index in [2.05, 4.69) is 21.2 Å². The molecule has 29 heavy (non-hydrogen) atoms. The molecule has 0 saturated carbocycles. The second-order valence-electron chi connectivity index (χ2n) is 7.22. The molecule has 0 radical (unpaired) electrons. The molecule has 154 valence electrons. The van der Waals surface area contributed by atoms with Crippen LogP contribution in [0.25, 0.3) is 0 Å². The van der Waals surface area contributed by atoms with Crippen LogP contribution in [-0.4, -0.2) is 37.5 Å². The third-order valence-electron chi connectivity index (χ3n) is 5.14. The number of nitrogens with zero attached hydrogens (tertiary/aromatic N) is 1. The highest BCUT2D eigenvalue weighted by Gasteiger charge is 2.32. The number of sulfonamides is 1. The van der Waals surface area contributed by atoms with Gasteiger partial charge in [0.15, 0.2) is 5.78 Å². The predicted octanol–water partition coefficient (Wildman–Crippen LogP) is 4.00. The van der Waals surface area contributed by atoms with Gasteiger partial charge in [-0.15, -0.1) is 0 Å². The fraction of sp³-hybridized carbons (Fsp3) is 0.333. The number of benzene rings is 2. The van der Waals surface area contributed by atoms with Crippen molar-refractivity contribution >= 4 is 43.3 Å². The topological polar surface area (TPSA) is 83.6 Å². The molecule has 3 rings (SSSR count). The van der Waals surface area contributed by atoms with Gasteiger partial charge in [-0.3, -0.25) is 9.59 Å². The maximum absolute atomic E-state index is 12.9. The number of carbonyl (C=O) groups is 2. The van der Waals surface area contributed by atoms with Gasteiger partial charge >= 0.3 is 0 Å². The van der Waals surface area contributed by atoms with Crippen molar-refractivity contribution in [1.29, 1.82) is 0 Å². The summed E-state index contributed by atoms with van der Waals surface area (Å²) in [4.78, 5) is 24.2. The lowest BCUT2D eigenvalue weighted by molar-refractivity contribution is -0.120. The van der Waals surface area contributed by atoms with Crippen molar-refractivity contribution in [2.45, 2.75) is 31.6 Å². The zero-order chi connectivity index (χ0) is 21.2. The van der Waals surface area contributed by atoms with Gasteiger partial charge in [0.2, 0.25) is 15.9 Å². The molecule has 6 nitrogen and oxygen atoms in total. The van der Waals surface area contributed by atoms with Gasteiger partial charge < -0.3 is 5.32 Å². The molecule has 2 aromatic rings. The molecule has 1 N–H and O–H groups in total. The van der Waals surface area contributed by atoms with E-state index in [-0.39, 0.29) is 35.6 Å². The third-order valence-corrected chi connectivity index (χ3v) is 7.89. The van der Waals surface area contributed by atoms with E-state index < -0.39 is 10.0 Å². The zero-order valence-electron chi connectivity index (χ0n) is 16.3. The highest BCUT2D eigenvalue weighted by atomic mass is 79.9. The van der Waals surface area contributed by atoms with Gasteiger partial charge in [0.25, 0.3) is 0 Å². The number of carbonyl (C=O) groups excluding carboxylic acids is 2. The molecule has 0 aliphatic carbocycles. The van der Waals surface area contributed by atoms with Crippen LogP contribution in [0.4, 0.5) is 5.69 Å². The molecular formula is C21H23BrN2O4S. The van der Waals surface area contributed by atoms with E-state index in [1.165, 1.54) is 23.4 Å². The first-order valence-corrected chi connectivity index (χ1v) is 11.6. The molecule has 1 amide bonds. The highest BCUT2D eigenvalue weighted by molar-refractivity contribution is 9.10. The molecule has 0 bridgehead atoms. The van der Waals surface area contributed by atoms with Crippen molar-refractivity contribution < 1.29 is 18.0 Å². The number of Topliss-reactive ketones (excluding diaryl/α,β-unsaturated/α-hetero) is 1. The number of amides is 1. The van der Waals surface area contributed by atoms with Crippen LogP contribution in [0.2, 0.25) is 0 Å². The van der Waals surface area contributed by atoms with E-state index in [0.717, 1.165) is 10.0 Å². The van der Waals surface area contributed by atoms with Gasteiger partial charge in [0.1, 0.15) is 0 Å². The summed E-state index contributed by atoms with van der Waals surface area (Å²) in [5.74, 6) is -0.526. The number of nitrogens with one attached hydrogen (secondary N) is 1. The van der Waals surface area contributed by atoms with E-state index in [9.17, 15) is 18.0 Å². The molecule has 1 heterocycles. The molecule has 1 saturated heterocycles. The van der Waals surface area contributed by atoms with Crippen LogP contribution in [0.3, 0.4) is 0 Å². The molecule has 1 fully saturated rings. The van der Waals surface area contributed by atoms with Gasteiger partial charge in [-0.1, -0.05) is 34.1 Å². The summed E-state index contributed by atoms with van der Waals surface area (Å²) in [5.41, 5.74) is 2.16. The van der Waals surface area contributed by atoms with Gasteiger partial charge in [-0.05, 0) is 56.5 Å². The molecule has 1 aliphatic rings. The Labute approximate surface area is 179 Å². The average molecular weight is 479 g/mol.